The van der Waals surface area contributed by atoms with Crippen molar-refractivity contribution in [2.45, 2.75) is 6.92 Å². The highest BCUT2D eigenvalue weighted by Gasteiger charge is 2.21. The number of hydrogen-bond acceptors (Lipinski definition) is 5. The number of ether oxygens (including phenoxy) is 2. The Balaban J connectivity index is 1.62. The lowest BCUT2D eigenvalue weighted by Gasteiger charge is -2.12. The number of nitrogens with zero attached hydrogens (tertiary/aromatic N) is 2. The van der Waals surface area contributed by atoms with Crippen LogP contribution in [0.25, 0.3) is 16.6 Å². The van der Waals surface area contributed by atoms with Gasteiger partial charge in [-0.15, -0.1) is 0 Å². The number of aromatic nitrogens is 3. The van der Waals surface area contributed by atoms with E-state index >= 15 is 0 Å². The number of alkyl halides is 1. The third-order valence-electron chi connectivity index (χ3n) is 5.53. The van der Waals surface area contributed by atoms with E-state index in [0.29, 0.717) is 34.8 Å². The summed E-state index contributed by atoms with van der Waals surface area (Å²) in [5, 5.41) is 5.87. The maximum Gasteiger partial charge on any atom is 0.214 e. The molecule has 0 aliphatic rings. The minimum atomic E-state index is -0.622. The number of hydrogen-bond donors (Lipinski definition) is 2. The summed E-state index contributed by atoms with van der Waals surface area (Å²) in [4.78, 5) is 16.5. The summed E-state index contributed by atoms with van der Waals surface area (Å²) in [6.07, 6.45) is 3.75. The van der Waals surface area contributed by atoms with Gasteiger partial charge in [-0.3, -0.25) is 4.79 Å². The lowest BCUT2D eigenvalue weighted by atomic mass is 10.1. The molecule has 0 aliphatic carbocycles. The summed E-state index contributed by atoms with van der Waals surface area (Å²) >= 11 is 6.85. The van der Waals surface area contributed by atoms with Crippen LogP contribution in [0.15, 0.2) is 84.0 Å². The molecule has 0 atom stereocenters. The quantitative estimate of drug-likeness (QED) is 0.0857. The van der Waals surface area contributed by atoms with Gasteiger partial charge in [0.1, 0.15) is 17.3 Å². The van der Waals surface area contributed by atoms with E-state index in [0.717, 1.165) is 27.0 Å². The number of nitrogen functional groups attached to an aromatic ring is 1. The van der Waals surface area contributed by atoms with Crippen LogP contribution in [0.3, 0.4) is 0 Å². The zero-order valence-electron chi connectivity index (χ0n) is 19.9. The first-order chi connectivity index (χ1) is 17.8. The van der Waals surface area contributed by atoms with E-state index in [-0.39, 0.29) is 22.9 Å². The fourth-order valence-corrected chi connectivity index (χ4v) is 4.35. The fourth-order valence-electron chi connectivity index (χ4n) is 3.73. The Morgan fingerprint density at radius 1 is 1.24 bits per heavy atom. The average Bonchev–Trinajstić information content (AvgIpc) is 3.48. The van der Waals surface area contributed by atoms with Crippen LogP contribution in [0.2, 0.25) is 0 Å². The number of allylic oxidation sites excluding steroid dienone is 3. The Morgan fingerprint density at radius 2 is 2.03 bits per heavy atom. The highest BCUT2D eigenvalue weighted by Crippen LogP contribution is 2.32. The van der Waals surface area contributed by atoms with Crippen molar-refractivity contribution < 1.29 is 18.7 Å². The summed E-state index contributed by atoms with van der Waals surface area (Å²) < 4.78 is 27.4. The van der Waals surface area contributed by atoms with E-state index in [4.69, 9.17) is 15.2 Å². The molecule has 0 unspecified atom stereocenters. The van der Waals surface area contributed by atoms with Crippen LogP contribution in [-0.2, 0) is 0 Å². The predicted octanol–water partition coefficient (Wildman–Crippen LogP) is 6.94. The van der Waals surface area contributed by atoms with E-state index in [2.05, 4.69) is 55.1 Å². The molecule has 4 aromatic rings. The van der Waals surface area contributed by atoms with E-state index in [9.17, 15) is 9.18 Å². The normalized spacial score (nSPS) is 11.8. The summed E-state index contributed by atoms with van der Waals surface area (Å²) in [5.74, 6) is 0.315. The number of aryl methyl sites for hydroxylation is 1. The molecular formula is C27H23Br2FN4O3. The lowest BCUT2D eigenvalue weighted by Crippen LogP contribution is -2.08. The number of halogens is 3. The molecule has 190 valence electrons. The lowest BCUT2D eigenvalue weighted by molar-refractivity contribution is 0.103. The number of ketones is 1. The van der Waals surface area contributed by atoms with Gasteiger partial charge in [0.15, 0.2) is 11.6 Å². The maximum atomic E-state index is 13.8. The van der Waals surface area contributed by atoms with E-state index < -0.39 is 5.83 Å². The van der Waals surface area contributed by atoms with Crippen LogP contribution < -0.4 is 15.2 Å². The first kappa shape index (κ1) is 26.4. The molecule has 2 aromatic carbocycles. The SMILES string of the molecule is C=C/C(F)=C(\C=C)Oc1ccc(-n2ncc(C(=O)c3cc4cc(OCCBr)c(Br)cc4[nH]3)c2N)c(C)c1. The summed E-state index contributed by atoms with van der Waals surface area (Å²) in [5.41, 5.74) is 9.16. The van der Waals surface area contributed by atoms with Gasteiger partial charge >= 0.3 is 0 Å². The van der Waals surface area contributed by atoms with Crippen molar-refractivity contribution in [3.05, 3.63) is 101 Å². The number of rotatable bonds is 10. The van der Waals surface area contributed by atoms with Crippen LogP contribution in [0.5, 0.6) is 11.5 Å². The summed E-state index contributed by atoms with van der Waals surface area (Å²) in [7, 11) is 0. The van der Waals surface area contributed by atoms with Crippen LogP contribution in [0.4, 0.5) is 10.2 Å². The number of fused-ring (bicyclic) bond motifs is 1. The Bertz CT molecular complexity index is 1550. The number of nitrogens with one attached hydrogen (secondary N) is 1. The number of nitrogens with two attached hydrogens (primary N) is 1. The Labute approximate surface area is 229 Å². The van der Waals surface area contributed by atoms with Gasteiger partial charge in [0.25, 0.3) is 0 Å². The Kier molecular flexibility index (Phi) is 7.99. The van der Waals surface area contributed by atoms with Crippen LogP contribution in [-0.4, -0.2) is 32.5 Å². The van der Waals surface area contributed by atoms with Crippen LogP contribution in [0, 0.1) is 6.92 Å². The van der Waals surface area contributed by atoms with Crippen molar-refractivity contribution in [3.8, 4) is 17.2 Å². The van der Waals surface area contributed by atoms with Gasteiger partial charge in [-0.25, -0.2) is 9.07 Å². The zero-order chi connectivity index (χ0) is 26.7. The fraction of sp³-hybridized carbons (Fsp3) is 0.111. The molecule has 0 aliphatic heterocycles. The van der Waals surface area contributed by atoms with Crippen molar-refractivity contribution in [3.63, 3.8) is 0 Å². The first-order valence-electron chi connectivity index (χ1n) is 11.1. The van der Waals surface area contributed by atoms with Gasteiger partial charge in [-0.05, 0) is 77.0 Å². The molecule has 2 aromatic heterocycles. The third kappa shape index (κ3) is 5.40. The molecular weight excluding hydrogens is 607 g/mol. The molecule has 0 amide bonds. The molecule has 3 N–H and O–H groups in total. The molecule has 0 radical (unpaired) electrons. The Hall–Kier alpha value is -3.63. The van der Waals surface area contributed by atoms with Gasteiger partial charge in [0.2, 0.25) is 5.78 Å². The number of carbonyl (C=O) groups is 1. The second-order valence-electron chi connectivity index (χ2n) is 7.95. The maximum absolute atomic E-state index is 13.8. The predicted molar refractivity (Wildman–Crippen MR) is 151 cm³/mol. The molecule has 0 saturated heterocycles. The number of benzene rings is 2. The molecule has 0 spiro atoms. The second-order valence-corrected chi connectivity index (χ2v) is 9.59. The summed E-state index contributed by atoms with van der Waals surface area (Å²) in [6.45, 7) is 9.30. The average molecular weight is 630 g/mol. The highest BCUT2D eigenvalue weighted by atomic mass is 79.9. The van der Waals surface area contributed by atoms with Crippen molar-refractivity contribution >= 4 is 54.4 Å². The second kappa shape index (κ2) is 11.2. The van der Waals surface area contributed by atoms with Crippen molar-refractivity contribution in [1.82, 2.24) is 14.8 Å². The molecule has 0 fully saturated rings. The summed E-state index contributed by atoms with van der Waals surface area (Å²) in [6, 6.07) is 10.6. The number of aromatic amines is 1. The zero-order valence-corrected chi connectivity index (χ0v) is 23.0. The van der Waals surface area contributed by atoms with Crippen molar-refractivity contribution in [1.29, 1.82) is 0 Å². The van der Waals surface area contributed by atoms with Gasteiger partial charge in [0.05, 0.1) is 34.2 Å². The molecule has 0 bridgehead atoms. The molecule has 2 heterocycles. The minimum absolute atomic E-state index is 0.0409. The Morgan fingerprint density at radius 3 is 2.70 bits per heavy atom. The van der Waals surface area contributed by atoms with Gasteiger partial charge < -0.3 is 20.2 Å². The molecule has 4 rings (SSSR count). The topological polar surface area (TPSA) is 95.2 Å². The van der Waals surface area contributed by atoms with Crippen LogP contribution >= 0.6 is 31.9 Å². The minimum Gasteiger partial charge on any atom is -0.492 e. The molecule has 7 nitrogen and oxygen atoms in total. The first-order valence-corrected chi connectivity index (χ1v) is 13.0. The van der Waals surface area contributed by atoms with Gasteiger partial charge in [-0.1, -0.05) is 29.1 Å². The molecule has 37 heavy (non-hydrogen) atoms. The molecule has 0 saturated carbocycles. The van der Waals surface area contributed by atoms with Crippen molar-refractivity contribution in [2.24, 2.45) is 0 Å². The van der Waals surface area contributed by atoms with Crippen LogP contribution in [0.1, 0.15) is 21.6 Å². The van der Waals surface area contributed by atoms with Gasteiger partial charge in [0, 0.05) is 16.2 Å². The van der Waals surface area contributed by atoms with E-state index in [1.165, 1.54) is 17.0 Å². The van der Waals surface area contributed by atoms with E-state index in [1.807, 2.05) is 19.1 Å². The monoisotopic (exact) mass is 628 g/mol. The largest absolute Gasteiger partial charge is 0.492 e. The smallest absolute Gasteiger partial charge is 0.214 e. The van der Waals surface area contributed by atoms with E-state index in [1.54, 1.807) is 24.3 Å². The number of carbonyl (C=O) groups excluding carboxylic acids is 1. The number of H-pyrrole nitrogens is 1. The molecule has 10 heteroatoms. The standard InChI is InChI=1S/C27H23Br2FN4O3/c1-4-20(30)24(5-2)37-17-6-7-23(15(3)10-17)34-27(31)18(14-32-34)26(35)22-11-16-12-25(36-9-8-28)19(29)13-21(16)33-22/h4-7,10-14,33H,1-2,8-9,31H2,3H3/b24-20-. The van der Waals surface area contributed by atoms with Gasteiger partial charge in [-0.2, -0.15) is 5.10 Å². The highest BCUT2D eigenvalue weighted by molar-refractivity contribution is 9.10. The van der Waals surface area contributed by atoms with Crippen molar-refractivity contribution in [2.75, 3.05) is 17.7 Å². The third-order valence-corrected chi connectivity index (χ3v) is 6.47. The number of anilines is 1.